The number of allylic oxidation sites excluding steroid dienone is 3. The van der Waals surface area contributed by atoms with E-state index in [0.29, 0.717) is 0 Å². The second-order valence-electron chi connectivity index (χ2n) is 4.12. The second-order valence-corrected chi connectivity index (χ2v) is 4.12. The first kappa shape index (κ1) is 21.9. The Balaban J connectivity index is -0.000000563. The summed E-state index contributed by atoms with van der Waals surface area (Å²) < 4.78 is 5.43. The molecule has 0 fully saturated rings. The maximum absolute atomic E-state index is 10.0. The molecule has 0 amide bonds. The molecule has 1 aliphatic carbocycles. The minimum atomic E-state index is -0.862. The molecule has 1 rings (SSSR count). The molecule has 0 spiro atoms. The van der Waals surface area contributed by atoms with Gasteiger partial charge in [-0.15, -0.1) is 0 Å². The smallest absolute Gasteiger partial charge is 1.00 e. The van der Waals surface area contributed by atoms with Gasteiger partial charge in [0.25, 0.3) is 0 Å². The molecule has 92 valence electrons. The zero-order valence-corrected chi connectivity index (χ0v) is 13.1. The molecule has 0 saturated heterocycles. The van der Waals surface area contributed by atoms with Gasteiger partial charge >= 0.3 is 21.7 Å². The van der Waals surface area contributed by atoms with Crippen LogP contribution in [0.2, 0.25) is 0 Å². The summed E-state index contributed by atoms with van der Waals surface area (Å²) in [6.07, 6.45) is 6.95. The molecule has 0 saturated carbocycles. The number of hydrogen-bond donors (Lipinski definition) is 1. The van der Waals surface area contributed by atoms with Gasteiger partial charge in [-0.1, -0.05) is 18.2 Å². The van der Waals surface area contributed by atoms with E-state index in [-0.39, 0.29) is 46.5 Å². The van der Waals surface area contributed by atoms with Crippen LogP contribution in [0.3, 0.4) is 0 Å². The fourth-order valence-corrected chi connectivity index (χ4v) is 1.57. The van der Waals surface area contributed by atoms with Gasteiger partial charge in [0.15, 0.2) is 0 Å². The summed E-state index contributed by atoms with van der Waals surface area (Å²) >= 11 is 0. The van der Waals surface area contributed by atoms with E-state index in [1.54, 1.807) is 21.0 Å². The molecular weight excluding hydrogens is 283 g/mol. The van der Waals surface area contributed by atoms with E-state index in [1.807, 2.05) is 19.1 Å². The predicted octanol–water partition coefficient (Wildman–Crippen LogP) is -3.95. The van der Waals surface area contributed by atoms with Gasteiger partial charge in [0.1, 0.15) is 5.60 Å². The third-order valence-corrected chi connectivity index (χ3v) is 2.96. The Morgan fingerprint density at radius 1 is 1.25 bits per heavy atom. The van der Waals surface area contributed by atoms with Crippen LogP contribution in [0.25, 0.3) is 0 Å². The summed E-state index contributed by atoms with van der Waals surface area (Å²) in [5.41, 5.74) is -0.321. The van der Waals surface area contributed by atoms with Gasteiger partial charge in [0, 0.05) is 7.11 Å². The standard InChI is InChI=1S/C11H18O2.2ClH.Ti/c1-10(2,12)11(3,13-4)9-7-5-6-8-9;;;/h5-7,12H,8H2,1-4H3;2*1H;/q;;;+2/p-2. The normalized spacial score (nSPS) is 17.4. The second kappa shape index (κ2) is 7.91. The molecule has 5 heteroatoms. The minimum Gasteiger partial charge on any atom is -1.00 e. The van der Waals surface area contributed by atoms with E-state index in [0.717, 1.165) is 12.0 Å². The Labute approximate surface area is 125 Å². The van der Waals surface area contributed by atoms with E-state index in [4.69, 9.17) is 4.74 Å². The topological polar surface area (TPSA) is 29.5 Å². The molecule has 0 aromatic carbocycles. The van der Waals surface area contributed by atoms with Crippen molar-refractivity contribution in [2.75, 3.05) is 7.11 Å². The Hall–Kier alpha value is 0.694. The van der Waals surface area contributed by atoms with Gasteiger partial charge in [-0.25, -0.2) is 0 Å². The van der Waals surface area contributed by atoms with Crippen molar-refractivity contribution >= 4 is 0 Å². The van der Waals surface area contributed by atoms with Gasteiger partial charge in [-0.3, -0.25) is 0 Å². The van der Waals surface area contributed by atoms with Crippen molar-refractivity contribution in [2.24, 2.45) is 0 Å². The van der Waals surface area contributed by atoms with Crippen molar-refractivity contribution < 1.29 is 56.4 Å². The van der Waals surface area contributed by atoms with E-state index >= 15 is 0 Å². The third kappa shape index (κ3) is 4.17. The van der Waals surface area contributed by atoms with E-state index in [1.165, 1.54) is 0 Å². The molecule has 0 aromatic rings. The monoisotopic (exact) mass is 300 g/mol. The Morgan fingerprint density at radius 3 is 2.00 bits per heavy atom. The van der Waals surface area contributed by atoms with E-state index in [9.17, 15) is 5.11 Å². The van der Waals surface area contributed by atoms with Crippen LogP contribution < -0.4 is 24.8 Å². The Kier molecular flexibility index (Phi) is 10.8. The molecule has 1 unspecified atom stereocenters. The van der Waals surface area contributed by atoms with Crippen molar-refractivity contribution in [3.05, 3.63) is 23.8 Å². The number of halogens is 2. The van der Waals surface area contributed by atoms with Crippen molar-refractivity contribution in [3.63, 3.8) is 0 Å². The van der Waals surface area contributed by atoms with Crippen molar-refractivity contribution in [2.45, 2.75) is 38.4 Å². The van der Waals surface area contributed by atoms with Crippen LogP contribution in [-0.4, -0.2) is 23.4 Å². The van der Waals surface area contributed by atoms with Crippen LogP contribution in [0.15, 0.2) is 23.8 Å². The van der Waals surface area contributed by atoms with Crippen LogP contribution in [0.5, 0.6) is 0 Å². The zero-order valence-electron chi connectivity index (χ0n) is 10.1. The maximum Gasteiger partial charge on any atom is 2.00 e. The van der Waals surface area contributed by atoms with Crippen LogP contribution in [-0.2, 0) is 26.5 Å². The van der Waals surface area contributed by atoms with Gasteiger partial charge in [0.2, 0.25) is 0 Å². The van der Waals surface area contributed by atoms with Crippen LogP contribution in [0.4, 0.5) is 0 Å². The van der Waals surface area contributed by atoms with Gasteiger partial charge in [0.05, 0.1) is 5.60 Å². The molecule has 1 N–H and O–H groups in total. The first-order valence-electron chi connectivity index (χ1n) is 4.55. The SMILES string of the molecule is COC(C)(C1=CC=CC1)C(C)(C)O.[Cl-].[Cl-].[Ti+2]. The molecule has 0 aromatic heterocycles. The quantitative estimate of drug-likeness (QED) is 0.539. The van der Waals surface area contributed by atoms with Gasteiger partial charge < -0.3 is 34.7 Å². The average Bonchev–Trinajstić information content (AvgIpc) is 2.52. The molecule has 1 atom stereocenters. The fraction of sp³-hybridized carbons (Fsp3) is 0.636. The van der Waals surface area contributed by atoms with Crippen LogP contribution >= 0.6 is 0 Å². The van der Waals surface area contributed by atoms with Gasteiger partial charge in [-0.2, -0.15) is 0 Å². The van der Waals surface area contributed by atoms with E-state index < -0.39 is 11.2 Å². The molecule has 0 aliphatic heterocycles. The van der Waals surface area contributed by atoms with Crippen molar-refractivity contribution in [1.29, 1.82) is 0 Å². The fourth-order valence-electron chi connectivity index (χ4n) is 1.57. The van der Waals surface area contributed by atoms with Crippen LogP contribution in [0.1, 0.15) is 27.2 Å². The molecule has 2 nitrogen and oxygen atoms in total. The number of rotatable bonds is 3. The summed E-state index contributed by atoms with van der Waals surface area (Å²) in [6, 6.07) is 0. The number of ether oxygens (including phenoxy) is 1. The van der Waals surface area contributed by atoms with Crippen molar-refractivity contribution in [1.82, 2.24) is 0 Å². The molecule has 1 aliphatic rings. The first-order chi connectivity index (χ1) is 5.92. The largest absolute Gasteiger partial charge is 2.00 e. The van der Waals surface area contributed by atoms with Crippen molar-refractivity contribution in [3.8, 4) is 0 Å². The summed E-state index contributed by atoms with van der Waals surface area (Å²) in [4.78, 5) is 0. The summed E-state index contributed by atoms with van der Waals surface area (Å²) in [5, 5.41) is 10.0. The van der Waals surface area contributed by atoms with E-state index in [2.05, 4.69) is 6.08 Å². The summed E-state index contributed by atoms with van der Waals surface area (Å²) in [6.45, 7) is 5.47. The number of methoxy groups -OCH3 is 1. The number of hydrogen-bond acceptors (Lipinski definition) is 2. The maximum atomic E-state index is 10.0. The Bertz CT molecular complexity index is 259. The summed E-state index contributed by atoms with van der Waals surface area (Å²) in [5.74, 6) is 0. The molecule has 16 heavy (non-hydrogen) atoms. The third-order valence-electron chi connectivity index (χ3n) is 2.96. The zero-order chi connectivity index (χ0) is 10.1. The summed E-state index contributed by atoms with van der Waals surface area (Å²) in [7, 11) is 1.64. The molecular formula is C11H18Cl2O2Ti. The van der Waals surface area contributed by atoms with Gasteiger partial charge in [-0.05, 0) is 32.8 Å². The van der Waals surface area contributed by atoms with Crippen LogP contribution in [0, 0.1) is 0 Å². The average molecular weight is 301 g/mol. The molecule has 0 bridgehead atoms. The molecule has 0 heterocycles. The molecule has 0 radical (unpaired) electrons. The minimum absolute atomic E-state index is 0. The predicted molar refractivity (Wildman–Crippen MR) is 53.6 cm³/mol. The first-order valence-corrected chi connectivity index (χ1v) is 4.55. The number of aliphatic hydroxyl groups is 1. The Morgan fingerprint density at radius 2 is 1.75 bits per heavy atom.